The van der Waals surface area contributed by atoms with Crippen LogP contribution in [0, 0.1) is 6.92 Å². The number of nitrogens with two attached hydrogens (primary N) is 1. The molecule has 0 atom stereocenters. The van der Waals surface area contributed by atoms with E-state index >= 15 is 0 Å². The van der Waals surface area contributed by atoms with Crippen molar-refractivity contribution in [2.24, 2.45) is 0 Å². The SMILES string of the molecule is C=CCCCN(C)C(=O)c1sc2ccc(C)cc2c1N. The lowest BCUT2D eigenvalue weighted by Gasteiger charge is -2.16. The largest absolute Gasteiger partial charge is 0.397 e. The van der Waals surface area contributed by atoms with Gasteiger partial charge in [-0.3, -0.25) is 4.79 Å². The third-order valence-electron chi connectivity index (χ3n) is 3.32. The summed E-state index contributed by atoms with van der Waals surface area (Å²) < 4.78 is 1.07. The van der Waals surface area contributed by atoms with Gasteiger partial charge in [0.25, 0.3) is 5.91 Å². The van der Waals surface area contributed by atoms with Gasteiger partial charge in [-0.2, -0.15) is 0 Å². The summed E-state index contributed by atoms with van der Waals surface area (Å²) in [6.45, 7) is 6.44. The molecule has 0 aliphatic carbocycles. The van der Waals surface area contributed by atoms with Crippen molar-refractivity contribution in [3.05, 3.63) is 41.3 Å². The highest BCUT2D eigenvalue weighted by molar-refractivity contribution is 7.21. The molecule has 0 unspecified atom stereocenters. The molecule has 1 amide bonds. The molecule has 0 aliphatic rings. The van der Waals surface area contributed by atoms with E-state index in [1.807, 2.05) is 38.2 Å². The molecular weight excluding hydrogens is 268 g/mol. The molecule has 0 bridgehead atoms. The number of hydrogen-bond donors (Lipinski definition) is 1. The number of nitrogen functional groups attached to an aromatic ring is 1. The van der Waals surface area contributed by atoms with Crippen LogP contribution in [0.25, 0.3) is 10.1 Å². The van der Waals surface area contributed by atoms with Crippen LogP contribution in [0.15, 0.2) is 30.9 Å². The fourth-order valence-electron chi connectivity index (χ4n) is 2.14. The van der Waals surface area contributed by atoms with Gasteiger partial charge in [-0.25, -0.2) is 0 Å². The van der Waals surface area contributed by atoms with Crippen LogP contribution in [0.5, 0.6) is 0 Å². The van der Waals surface area contributed by atoms with E-state index in [4.69, 9.17) is 5.73 Å². The lowest BCUT2D eigenvalue weighted by atomic mass is 10.1. The van der Waals surface area contributed by atoms with Crippen molar-refractivity contribution < 1.29 is 4.79 Å². The normalized spacial score (nSPS) is 10.7. The summed E-state index contributed by atoms with van der Waals surface area (Å²) in [7, 11) is 1.82. The van der Waals surface area contributed by atoms with E-state index in [1.54, 1.807) is 4.90 Å². The van der Waals surface area contributed by atoms with Crippen molar-refractivity contribution in [1.29, 1.82) is 0 Å². The summed E-state index contributed by atoms with van der Waals surface area (Å²) in [5.41, 5.74) is 7.91. The van der Waals surface area contributed by atoms with Crippen LogP contribution in [0.1, 0.15) is 28.1 Å². The van der Waals surface area contributed by atoms with Crippen LogP contribution in [0.4, 0.5) is 5.69 Å². The first-order valence-electron chi connectivity index (χ1n) is 6.69. The number of rotatable bonds is 5. The molecule has 4 heteroatoms. The fraction of sp³-hybridized carbons (Fsp3) is 0.312. The number of fused-ring (bicyclic) bond motifs is 1. The first kappa shape index (κ1) is 14.6. The van der Waals surface area contributed by atoms with Crippen LogP contribution < -0.4 is 5.73 Å². The van der Waals surface area contributed by atoms with E-state index in [-0.39, 0.29) is 5.91 Å². The molecule has 0 fully saturated rings. The summed E-state index contributed by atoms with van der Waals surface area (Å²) in [5, 5.41) is 0.984. The van der Waals surface area contributed by atoms with Crippen LogP contribution in [-0.4, -0.2) is 24.4 Å². The van der Waals surface area contributed by atoms with E-state index in [2.05, 4.69) is 6.58 Å². The van der Waals surface area contributed by atoms with E-state index in [1.165, 1.54) is 11.3 Å². The molecule has 2 N–H and O–H groups in total. The van der Waals surface area contributed by atoms with Crippen molar-refractivity contribution in [2.45, 2.75) is 19.8 Å². The number of hydrogen-bond acceptors (Lipinski definition) is 3. The highest BCUT2D eigenvalue weighted by Gasteiger charge is 2.19. The zero-order chi connectivity index (χ0) is 14.7. The lowest BCUT2D eigenvalue weighted by molar-refractivity contribution is 0.0799. The van der Waals surface area contributed by atoms with Gasteiger partial charge in [-0.15, -0.1) is 17.9 Å². The average molecular weight is 288 g/mol. The molecule has 3 nitrogen and oxygen atoms in total. The average Bonchev–Trinajstić information content (AvgIpc) is 2.75. The van der Waals surface area contributed by atoms with Gasteiger partial charge in [0.15, 0.2) is 0 Å². The molecule has 0 aliphatic heterocycles. The summed E-state index contributed by atoms with van der Waals surface area (Å²) in [6.07, 6.45) is 3.71. The van der Waals surface area contributed by atoms with Crippen molar-refractivity contribution in [2.75, 3.05) is 19.3 Å². The van der Waals surface area contributed by atoms with Crippen molar-refractivity contribution >= 4 is 33.0 Å². The Morgan fingerprint density at radius 3 is 2.95 bits per heavy atom. The minimum atomic E-state index is 0.00501. The second-order valence-corrected chi connectivity index (χ2v) is 6.05. The van der Waals surface area contributed by atoms with Gasteiger partial charge in [0.2, 0.25) is 0 Å². The van der Waals surface area contributed by atoms with E-state index < -0.39 is 0 Å². The molecular formula is C16H20N2OS. The number of nitrogens with zero attached hydrogens (tertiary/aromatic N) is 1. The topological polar surface area (TPSA) is 46.3 Å². The Morgan fingerprint density at radius 1 is 1.50 bits per heavy atom. The number of carbonyl (C=O) groups is 1. The Bertz CT molecular complexity index is 645. The standard InChI is InChI=1S/C16H20N2OS/c1-4-5-6-9-18(3)16(19)15-14(17)12-10-11(2)7-8-13(12)20-15/h4,7-8,10H,1,5-6,9,17H2,2-3H3. The Labute approximate surface area is 123 Å². The smallest absolute Gasteiger partial charge is 0.265 e. The second kappa shape index (κ2) is 6.09. The van der Waals surface area contributed by atoms with Crippen molar-refractivity contribution in [3.63, 3.8) is 0 Å². The Morgan fingerprint density at radius 2 is 2.25 bits per heavy atom. The minimum Gasteiger partial charge on any atom is -0.397 e. The molecule has 20 heavy (non-hydrogen) atoms. The Hall–Kier alpha value is -1.81. The van der Waals surface area contributed by atoms with Gasteiger partial charge in [-0.05, 0) is 31.9 Å². The highest BCUT2D eigenvalue weighted by Crippen LogP contribution is 2.34. The molecule has 0 spiro atoms. The summed E-state index contributed by atoms with van der Waals surface area (Å²) in [5.74, 6) is 0.00501. The number of allylic oxidation sites excluding steroid dienone is 1. The van der Waals surface area contributed by atoms with Gasteiger partial charge in [0, 0.05) is 23.7 Å². The quantitative estimate of drug-likeness (QED) is 0.671. The number of amides is 1. The van der Waals surface area contributed by atoms with Gasteiger partial charge in [0.1, 0.15) is 4.88 Å². The van der Waals surface area contributed by atoms with E-state index in [0.29, 0.717) is 10.6 Å². The fourth-order valence-corrected chi connectivity index (χ4v) is 3.23. The van der Waals surface area contributed by atoms with E-state index in [0.717, 1.165) is 35.0 Å². The van der Waals surface area contributed by atoms with Gasteiger partial charge in [-0.1, -0.05) is 17.7 Å². The molecule has 0 saturated heterocycles. The zero-order valence-corrected chi connectivity index (χ0v) is 12.8. The van der Waals surface area contributed by atoms with Crippen molar-refractivity contribution in [3.8, 4) is 0 Å². The van der Waals surface area contributed by atoms with Gasteiger partial charge < -0.3 is 10.6 Å². The molecule has 1 aromatic carbocycles. The monoisotopic (exact) mass is 288 g/mol. The Balaban J connectivity index is 2.26. The van der Waals surface area contributed by atoms with E-state index in [9.17, 15) is 4.79 Å². The summed E-state index contributed by atoms with van der Waals surface area (Å²) >= 11 is 1.47. The van der Waals surface area contributed by atoms with Crippen LogP contribution in [-0.2, 0) is 0 Å². The first-order valence-corrected chi connectivity index (χ1v) is 7.51. The van der Waals surface area contributed by atoms with Crippen LogP contribution in [0.3, 0.4) is 0 Å². The van der Waals surface area contributed by atoms with Gasteiger partial charge >= 0.3 is 0 Å². The van der Waals surface area contributed by atoms with Gasteiger partial charge in [0.05, 0.1) is 5.69 Å². The third-order valence-corrected chi connectivity index (χ3v) is 4.50. The number of benzene rings is 1. The number of thiophene rings is 1. The predicted octanol–water partition coefficient (Wildman–Crippen LogP) is 3.83. The number of aryl methyl sites for hydroxylation is 1. The summed E-state index contributed by atoms with van der Waals surface area (Å²) in [6, 6.07) is 6.11. The molecule has 1 heterocycles. The maximum atomic E-state index is 12.4. The van der Waals surface area contributed by atoms with Crippen LogP contribution in [0.2, 0.25) is 0 Å². The molecule has 0 saturated carbocycles. The lowest BCUT2D eigenvalue weighted by Crippen LogP contribution is -2.27. The van der Waals surface area contributed by atoms with Crippen LogP contribution >= 0.6 is 11.3 Å². The molecule has 1 aromatic heterocycles. The number of unbranched alkanes of at least 4 members (excludes halogenated alkanes) is 1. The molecule has 0 radical (unpaired) electrons. The predicted molar refractivity (Wildman–Crippen MR) is 87.4 cm³/mol. The number of anilines is 1. The molecule has 2 rings (SSSR count). The molecule has 106 valence electrons. The highest BCUT2D eigenvalue weighted by atomic mass is 32.1. The first-order chi connectivity index (χ1) is 9.54. The molecule has 2 aromatic rings. The summed E-state index contributed by atoms with van der Waals surface area (Å²) in [4.78, 5) is 14.8. The number of carbonyl (C=O) groups excluding carboxylic acids is 1. The van der Waals surface area contributed by atoms with Crippen molar-refractivity contribution in [1.82, 2.24) is 4.90 Å². The second-order valence-electron chi connectivity index (χ2n) is 5.00. The maximum Gasteiger partial charge on any atom is 0.265 e. The maximum absolute atomic E-state index is 12.4. The minimum absolute atomic E-state index is 0.00501. The third kappa shape index (κ3) is 2.85. The Kier molecular flexibility index (Phi) is 4.45. The zero-order valence-electron chi connectivity index (χ0n) is 12.0.